The minimum Gasteiger partial charge on any atom is -0.494 e. The summed E-state index contributed by atoms with van der Waals surface area (Å²) in [6.45, 7) is 2.87. The molecule has 3 aromatic rings. The number of hydrogen-bond donors (Lipinski definition) is 0. The maximum atomic E-state index is 12.3. The van der Waals surface area contributed by atoms with E-state index in [1.165, 1.54) is 5.39 Å². The Morgan fingerprint density at radius 2 is 1.73 bits per heavy atom. The molecule has 0 atom stereocenters. The number of benzene rings is 3. The van der Waals surface area contributed by atoms with Crippen LogP contribution in [0.1, 0.15) is 22.3 Å². The summed E-state index contributed by atoms with van der Waals surface area (Å²) in [6.07, 6.45) is 0.652. The van der Waals surface area contributed by atoms with Crippen LogP contribution in [0.5, 0.6) is 5.75 Å². The fraction of sp³-hybridized carbons (Fsp3) is 0.182. The van der Waals surface area contributed by atoms with Gasteiger partial charge in [0.15, 0.2) is 0 Å². The van der Waals surface area contributed by atoms with Gasteiger partial charge in [-0.2, -0.15) is 0 Å². The van der Waals surface area contributed by atoms with Crippen LogP contribution < -0.4 is 9.64 Å². The van der Waals surface area contributed by atoms with Gasteiger partial charge in [0, 0.05) is 6.54 Å². The Morgan fingerprint density at radius 1 is 0.923 bits per heavy atom. The quantitative estimate of drug-likeness (QED) is 0.516. The van der Waals surface area contributed by atoms with Crippen LogP contribution >= 0.6 is 0 Å². The lowest BCUT2D eigenvalue weighted by atomic mass is 10.1. The predicted molar refractivity (Wildman–Crippen MR) is 102 cm³/mol. The van der Waals surface area contributed by atoms with Crippen molar-refractivity contribution >= 4 is 28.2 Å². The van der Waals surface area contributed by atoms with Crippen molar-refractivity contribution in [2.24, 2.45) is 0 Å². The molecule has 0 radical (unpaired) electrons. The van der Waals surface area contributed by atoms with Crippen molar-refractivity contribution in [2.45, 2.75) is 13.3 Å². The zero-order valence-corrected chi connectivity index (χ0v) is 14.6. The highest BCUT2D eigenvalue weighted by Gasteiger charge is 2.36. The molecule has 0 aliphatic carbocycles. The van der Waals surface area contributed by atoms with E-state index in [1.807, 2.05) is 49.4 Å². The van der Waals surface area contributed by atoms with Gasteiger partial charge in [0.25, 0.3) is 11.7 Å². The van der Waals surface area contributed by atoms with Crippen molar-refractivity contribution in [3.63, 3.8) is 0 Å². The second kappa shape index (κ2) is 6.64. The molecule has 4 rings (SSSR count). The molecule has 3 aromatic carbocycles. The Labute approximate surface area is 152 Å². The number of carbonyl (C=O) groups is 2. The molecular weight excluding hydrogens is 326 g/mol. The Kier molecular flexibility index (Phi) is 4.17. The number of hydrogen-bond acceptors (Lipinski definition) is 3. The van der Waals surface area contributed by atoms with Gasteiger partial charge in [-0.25, -0.2) is 0 Å². The third kappa shape index (κ3) is 2.84. The maximum absolute atomic E-state index is 12.3. The van der Waals surface area contributed by atoms with Crippen LogP contribution in [0, 0.1) is 6.92 Å². The van der Waals surface area contributed by atoms with Crippen molar-refractivity contribution in [3.8, 4) is 5.75 Å². The first-order valence-electron chi connectivity index (χ1n) is 8.72. The SMILES string of the molecule is Cc1cccc2c1N(CCCOc1ccc3ccccc3c1)C(=O)C2=O. The van der Waals surface area contributed by atoms with E-state index in [0.717, 1.165) is 22.4 Å². The molecule has 4 nitrogen and oxygen atoms in total. The number of amides is 1. The number of rotatable bonds is 5. The zero-order chi connectivity index (χ0) is 18.1. The molecule has 130 valence electrons. The lowest BCUT2D eigenvalue weighted by molar-refractivity contribution is -0.114. The molecule has 1 heterocycles. The molecule has 0 unspecified atom stereocenters. The third-order valence-electron chi connectivity index (χ3n) is 4.71. The number of aryl methyl sites for hydroxylation is 1. The highest BCUT2D eigenvalue weighted by Crippen LogP contribution is 2.32. The predicted octanol–water partition coefficient (Wildman–Crippen LogP) is 4.15. The van der Waals surface area contributed by atoms with Crippen molar-refractivity contribution in [2.75, 3.05) is 18.1 Å². The van der Waals surface area contributed by atoms with E-state index >= 15 is 0 Å². The zero-order valence-electron chi connectivity index (χ0n) is 14.6. The van der Waals surface area contributed by atoms with Gasteiger partial charge < -0.3 is 9.64 Å². The molecule has 4 heteroatoms. The van der Waals surface area contributed by atoms with Crippen LogP contribution in [0.15, 0.2) is 60.7 Å². The average Bonchev–Trinajstić information content (AvgIpc) is 2.91. The van der Waals surface area contributed by atoms with Crippen LogP contribution in [0.4, 0.5) is 5.69 Å². The van der Waals surface area contributed by atoms with E-state index in [9.17, 15) is 9.59 Å². The summed E-state index contributed by atoms with van der Waals surface area (Å²) in [5.74, 6) is -0.0525. The Hall–Kier alpha value is -3.14. The van der Waals surface area contributed by atoms with Crippen molar-refractivity contribution in [3.05, 3.63) is 71.8 Å². The Morgan fingerprint density at radius 3 is 2.58 bits per heavy atom. The number of ketones is 1. The fourth-order valence-corrected chi connectivity index (χ4v) is 3.42. The monoisotopic (exact) mass is 345 g/mol. The number of para-hydroxylation sites is 1. The van der Waals surface area contributed by atoms with Gasteiger partial charge in [0.1, 0.15) is 5.75 Å². The minimum atomic E-state index is -0.444. The van der Waals surface area contributed by atoms with Gasteiger partial charge >= 0.3 is 0 Å². The van der Waals surface area contributed by atoms with Crippen molar-refractivity contribution in [1.82, 2.24) is 0 Å². The number of Topliss-reactive ketones (excluding diaryl/α,β-unsaturated/α-hetero) is 1. The molecule has 0 N–H and O–H groups in total. The van der Waals surface area contributed by atoms with Crippen LogP contribution in [0.3, 0.4) is 0 Å². The standard InChI is InChI=1S/C22H19NO3/c1-15-6-4-9-19-20(15)23(22(25)21(19)24)12-5-13-26-18-11-10-16-7-2-3-8-17(16)14-18/h2-4,6-11,14H,5,12-13H2,1H3. The summed E-state index contributed by atoms with van der Waals surface area (Å²) >= 11 is 0. The largest absolute Gasteiger partial charge is 0.494 e. The highest BCUT2D eigenvalue weighted by atomic mass is 16.5. The smallest absolute Gasteiger partial charge is 0.299 e. The average molecular weight is 345 g/mol. The van der Waals surface area contributed by atoms with Gasteiger partial charge in [-0.3, -0.25) is 9.59 Å². The highest BCUT2D eigenvalue weighted by molar-refractivity contribution is 6.52. The van der Waals surface area contributed by atoms with E-state index < -0.39 is 11.7 Å². The number of carbonyl (C=O) groups excluding carboxylic acids is 2. The molecule has 1 aliphatic heterocycles. The molecule has 1 aliphatic rings. The molecule has 0 bridgehead atoms. The van der Waals surface area contributed by atoms with Crippen LogP contribution in [0.25, 0.3) is 10.8 Å². The van der Waals surface area contributed by atoms with Gasteiger partial charge in [-0.05, 0) is 47.9 Å². The number of nitrogens with zero attached hydrogens (tertiary/aromatic N) is 1. The van der Waals surface area contributed by atoms with E-state index in [2.05, 4.69) is 12.1 Å². The van der Waals surface area contributed by atoms with Crippen molar-refractivity contribution < 1.29 is 14.3 Å². The minimum absolute atomic E-state index is 0.417. The molecule has 0 spiro atoms. The molecule has 26 heavy (non-hydrogen) atoms. The summed E-state index contributed by atoms with van der Waals surface area (Å²) in [4.78, 5) is 26.0. The van der Waals surface area contributed by atoms with Crippen LogP contribution in [0.2, 0.25) is 0 Å². The van der Waals surface area contributed by atoms with Gasteiger partial charge in [0.2, 0.25) is 0 Å². The van der Waals surface area contributed by atoms with Gasteiger partial charge in [-0.1, -0.05) is 42.5 Å². The lowest BCUT2D eigenvalue weighted by Gasteiger charge is -2.18. The number of ether oxygens (including phenoxy) is 1. The van der Waals surface area contributed by atoms with Gasteiger partial charge in [0.05, 0.1) is 17.9 Å². The molecule has 0 saturated heterocycles. The van der Waals surface area contributed by atoms with E-state index in [0.29, 0.717) is 25.1 Å². The molecule has 0 fully saturated rings. The summed E-state index contributed by atoms with van der Waals surface area (Å²) < 4.78 is 5.83. The first-order valence-corrected chi connectivity index (χ1v) is 8.72. The first-order chi connectivity index (χ1) is 12.6. The summed E-state index contributed by atoms with van der Waals surface area (Å²) in [5, 5.41) is 2.31. The van der Waals surface area contributed by atoms with Crippen LogP contribution in [-0.4, -0.2) is 24.8 Å². The maximum Gasteiger partial charge on any atom is 0.299 e. The first kappa shape index (κ1) is 16.3. The fourth-order valence-electron chi connectivity index (χ4n) is 3.42. The van der Waals surface area contributed by atoms with Crippen molar-refractivity contribution in [1.29, 1.82) is 0 Å². The Balaban J connectivity index is 1.40. The molecular formula is C22H19NO3. The third-order valence-corrected chi connectivity index (χ3v) is 4.71. The second-order valence-electron chi connectivity index (χ2n) is 6.47. The van der Waals surface area contributed by atoms with Crippen LogP contribution in [-0.2, 0) is 4.79 Å². The molecule has 0 saturated carbocycles. The van der Waals surface area contributed by atoms with E-state index in [1.54, 1.807) is 11.0 Å². The number of anilines is 1. The summed E-state index contributed by atoms with van der Waals surface area (Å²) in [7, 11) is 0. The molecule has 0 aromatic heterocycles. The number of fused-ring (bicyclic) bond motifs is 2. The Bertz CT molecular complexity index is 1010. The van der Waals surface area contributed by atoms with E-state index in [4.69, 9.17) is 4.74 Å². The topological polar surface area (TPSA) is 46.6 Å². The lowest BCUT2D eigenvalue weighted by Crippen LogP contribution is -2.31. The molecule has 1 amide bonds. The summed E-state index contributed by atoms with van der Waals surface area (Å²) in [6, 6.07) is 19.6. The second-order valence-corrected chi connectivity index (χ2v) is 6.47. The van der Waals surface area contributed by atoms with Gasteiger partial charge in [-0.15, -0.1) is 0 Å². The summed E-state index contributed by atoms with van der Waals surface area (Å²) in [5.41, 5.74) is 2.19. The normalized spacial score (nSPS) is 13.3. The van der Waals surface area contributed by atoms with E-state index in [-0.39, 0.29) is 0 Å².